The van der Waals surface area contributed by atoms with Crippen molar-refractivity contribution in [3.8, 4) is 0 Å². The molecule has 34 heavy (non-hydrogen) atoms. The highest BCUT2D eigenvalue weighted by Gasteiger charge is 2.37. The molecule has 0 spiro atoms. The molecular weight excluding hydrogens is 550 g/mol. The zero-order valence-corrected chi connectivity index (χ0v) is 26.9. The molecule has 0 aliphatic heterocycles. The van der Waals surface area contributed by atoms with E-state index in [4.69, 9.17) is 21.8 Å². The predicted octanol–water partition coefficient (Wildman–Crippen LogP) is 2.12. The lowest BCUT2D eigenvalue weighted by Gasteiger charge is -2.26. The maximum atomic E-state index is 12.5. The van der Waals surface area contributed by atoms with E-state index in [1.807, 2.05) is 17.9 Å². The van der Waals surface area contributed by atoms with Crippen molar-refractivity contribution in [2.45, 2.75) is 31.7 Å². The zero-order valence-electron chi connectivity index (χ0n) is 20.2. The lowest BCUT2D eigenvalue weighted by molar-refractivity contribution is -0.131. The average molecular weight is 589 g/mol. The van der Waals surface area contributed by atoms with Crippen LogP contribution in [0.4, 0.5) is 13.2 Å². The fourth-order valence-corrected chi connectivity index (χ4v) is 15.5. The molecule has 6 atom stereocenters. The number of rotatable bonds is 21. The summed E-state index contributed by atoms with van der Waals surface area (Å²) in [6.45, 7) is 22.3. The standard InChI is InChI=1S/C19H39F3O6Si6/c1-8-29(6)24-15-30(9-2)25-16-31(10-3)26-17-32(11-4)27-18-33(12-5)28-34(7,23)14-13-19(20,21)22/h8-12,23,29-33H,1-5,13-18H2,6-7H3. The van der Waals surface area contributed by atoms with Crippen LogP contribution >= 0.6 is 0 Å². The molecule has 6 nitrogen and oxygen atoms in total. The van der Waals surface area contributed by atoms with E-state index < -0.39 is 72.4 Å². The van der Waals surface area contributed by atoms with Gasteiger partial charge >= 0.3 is 14.7 Å². The molecule has 0 amide bonds. The van der Waals surface area contributed by atoms with Gasteiger partial charge in [0.2, 0.25) is 36.2 Å². The summed E-state index contributed by atoms with van der Waals surface area (Å²) in [5.74, 6) is 0. The van der Waals surface area contributed by atoms with Crippen LogP contribution in [0.5, 0.6) is 0 Å². The minimum Gasteiger partial charge on any atom is -0.433 e. The Morgan fingerprint density at radius 2 is 1.12 bits per heavy atom. The summed E-state index contributed by atoms with van der Waals surface area (Å²) in [7, 11) is -12.5. The molecule has 0 fully saturated rings. The van der Waals surface area contributed by atoms with Gasteiger partial charge < -0.3 is 26.6 Å². The van der Waals surface area contributed by atoms with Gasteiger partial charge in [0.15, 0.2) is 9.04 Å². The highest BCUT2D eigenvalue weighted by atomic mass is 28.4. The molecule has 0 aromatic rings. The van der Waals surface area contributed by atoms with Crippen molar-refractivity contribution in [1.29, 1.82) is 0 Å². The Hall–Kier alpha value is -0.449. The fraction of sp³-hybridized carbons (Fsp3) is 0.474. The lowest BCUT2D eigenvalue weighted by Crippen LogP contribution is -2.44. The molecule has 0 aliphatic rings. The van der Waals surface area contributed by atoms with Crippen molar-refractivity contribution in [3.05, 3.63) is 61.4 Å². The van der Waals surface area contributed by atoms with E-state index >= 15 is 0 Å². The smallest absolute Gasteiger partial charge is 0.389 e. The second-order valence-electron chi connectivity index (χ2n) is 7.78. The van der Waals surface area contributed by atoms with E-state index in [1.54, 1.807) is 17.1 Å². The topological polar surface area (TPSA) is 66.4 Å². The number of hydrogen-bond donors (Lipinski definition) is 1. The van der Waals surface area contributed by atoms with Gasteiger partial charge in [0.05, 0.1) is 24.9 Å². The van der Waals surface area contributed by atoms with E-state index in [9.17, 15) is 18.0 Å². The Balaban J connectivity index is 4.56. The SMILES string of the molecule is C=C[SiH](C)OC[SiH](C=C)OC[SiH](C=C)OC[SiH](C=C)OC[SiH](C=C)O[Si](C)(O)CCC(F)(F)F. The second kappa shape index (κ2) is 17.9. The van der Waals surface area contributed by atoms with E-state index in [0.717, 1.165) is 0 Å². The largest absolute Gasteiger partial charge is 0.433 e. The van der Waals surface area contributed by atoms with Gasteiger partial charge in [0.1, 0.15) is 0 Å². The van der Waals surface area contributed by atoms with Gasteiger partial charge in [-0.15, -0.1) is 32.9 Å². The Morgan fingerprint density at radius 3 is 1.47 bits per heavy atom. The van der Waals surface area contributed by atoms with Crippen LogP contribution in [0.1, 0.15) is 6.42 Å². The van der Waals surface area contributed by atoms with Crippen LogP contribution in [-0.4, -0.2) is 89.7 Å². The lowest BCUT2D eigenvalue weighted by atomic mass is 10.5. The monoisotopic (exact) mass is 588 g/mol. The van der Waals surface area contributed by atoms with E-state index in [1.165, 1.54) is 6.55 Å². The average Bonchev–Trinajstić information content (AvgIpc) is 2.79. The van der Waals surface area contributed by atoms with Crippen LogP contribution in [0.3, 0.4) is 0 Å². The molecule has 0 aromatic heterocycles. The summed E-state index contributed by atoms with van der Waals surface area (Å²) in [4.78, 5) is 10.3. The third-order valence-electron chi connectivity index (χ3n) is 4.61. The molecule has 0 aliphatic carbocycles. The quantitative estimate of drug-likeness (QED) is 0.207. The van der Waals surface area contributed by atoms with Gasteiger partial charge in [0.25, 0.3) is 0 Å². The van der Waals surface area contributed by atoms with Crippen molar-refractivity contribution in [3.63, 3.8) is 0 Å². The molecule has 1 N–H and O–H groups in total. The second-order valence-corrected chi connectivity index (χ2v) is 22.3. The van der Waals surface area contributed by atoms with Gasteiger partial charge in [-0.3, -0.25) is 0 Å². The first-order chi connectivity index (χ1) is 15.9. The molecule has 0 aromatic carbocycles. The maximum Gasteiger partial charge on any atom is 0.389 e. The van der Waals surface area contributed by atoms with Gasteiger partial charge in [0, 0.05) is 6.42 Å². The maximum absolute atomic E-state index is 12.5. The molecule has 0 rings (SSSR count). The molecule has 0 bridgehead atoms. The van der Waals surface area contributed by atoms with E-state index in [2.05, 4.69) is 32.9 Å². The van der Waals surface area contributed by atoms with Gasteiger partial charge in [-0.25, -0.2) is 0 Å². The van der Waals surface area contributed by atoms with Crippen LogP contribution < -0.4 is 0 Å². The Kier molecular flexibility index (Phi) is 17.7. The first-order valence-corrected chi connectivity index (χ1v) is 23.6. The Morgan fingerprint density at radius 1 is 0.735 bits per heavy atom. The van der Waals surface area contributed by atoms with Gasteiger partial charge in [-0.1, -0.05) is 28.5 Å². The highest BCUT2D eigenvalue weighted by molar-refractivity contribution is 6.75. The van der Waals surface area contributed by atoms with Crippen LogP contribution in [0, 0.1) is 0 Å². The van der Waals surface area contributed by atoms with Crippen LogP contribution in [0.25, 0.3) is 0 Å². The van der Waals surface area contributed by atoms with E-state index in [0.29, 0.717) is 18.7 Å². The summed E-state index contributed by atoms with van der Waals surface area (Å²) >= 11 is 0. The summed E-state index contributed by atoms with van der Waals surface area (Å²) in [5, 5.41) is 0. The van der Waals surface area contributed by atoms with Gasteiger partial charge in [-0.2, -0.15) is 13.2 Å². The third kappa shape index (κ3) is 17.1. The van der Waals surface area contributed by atoms with Crippen molar-refractivity contribution in [2.75, 3.05) is 24.9 Å². The molecule has 0 saturated carbocycles. The van der Waals surface area contributed by atoms with Crippen molar-refractivity contribution in [2.24, 2.45) is 0 Å². The van der Waals surface area contributed by atoms with Crippen LogP contribution in [0.2, 0.25) is 19.1 Å². The molecule has 0 radical (unpaired) electrons. The van der Waals surface area contributed by atoms with E-state index in [-0.39, 0.29) is 6.23 Å². The van der Waals surface area contributed by atoms with Gasteiger partial charge in [-0.05, 0) is 19.1 Å². The van der Waals surface area contributed by atoms with Crippen molar-refractivity contribution < 1.29 is 39.8 Å². The molecule has 196 valence electrons. The molecule has 0 saturated heterocycles. The first-order valence-electron chi connectivity index (χ1n) is 11.0. The molecular formula is C19H39F3O6Si6. The third-order valence-corrected chi connectivity index (χ3v) is 18.0. The highest BCUT2D eigenvalue weighted by Crippen LogP contribution is 2.25. The Bertz CT molecular complexity index is 640. The zero-order chi connectivity index (χ0) is 26.2. The normalized spacial score (nSPS) is 18.1. The molecule has 6 unspecified atom stereocenters. The predicted molar refractivity (Wildman–Crippen MR) is 147 cm³/mol. The van der Waals surface area contributed by atoms with Crippen LogP contribution in [-0.2, 0) is 21.8 Å². The number of hydrogen-bond acceptors (Lipinski definition) is 6. The fourth-order valence-electron chi connectivity index (χ4n) is 2.43. The van der Waals surface area contributed by atoms with Crippen LogP contribution in [0.15, 0.2) is 61.4 Å². The summed E-state index contributed by atoms with van der Waals surface area (Å²) in [6.07, 6.45) is -3.84. The summed E-state index contributed by atoms with van der Waals surface area (Å²) in [6, 6.07) is -0.416. The molecule has 0 heterocycles. The Labute approximate surface area is 211 Å². The number of halogens is 3. The summed E-state index contributed by atoms with van der Waals surface area (Å²) in [5.41, 5.74) is 8.75. The van der Waals surface area contributed by atoms with Crippen molar-refractivity contribution in [1.82, 2.24) is 0 Å². The number of alkyl halides is 3. The minimum atomic E-state index is -4.33. The first kappa shape index (κ1) is 33.6. The minimum absolute atomic E-state index is 0.190. The molecule has 15 heteroatoms. The van der Waals surface area contributed by atoms with Crippen molar-refractivity contribution >= 4 is 53.8 Å². The summed E-state index contributed by atoms with van der Waals surface area (Å²) < 4.78 is 66.7.